The second-order valence-electron chi connectivity index (χ2n) is 7.88. The van der Waals surface area contributed by atoms with Gasteiger partial charge in [0.1, 0.15) is 23.3 Å². The number of ether oxygens (including phenoxy) is 2. The van der Waals surface area contributed by atoms with E-state index in [1.165, 1.54) is 31.3 Å². The molecule has 0 spiro atoms. The van der Waals surface area contributed by atoms with Gasteiger partial charge in [0.05, 0.1) is 36.1 Å². The summed E-state index contributed by atoms with van der Waals surface area (Å²) >= 11 is 6.21. The molecule has 0 bridgehead atoms. The Morgan fingerprint density at radius 2 is 1.74 bits per heavy atom. The van der Waals surface area contributed by atoms with Crippen molar-refractivity contribution < 1.29 is 24.2 Å². The quantitative estimate of drug-likeness (QED) is 0.315. The molecular weight excluding hydrogens is 456 g/mol. The molecule has 1 atom stereocenters. The monoisotopic (exact) mass is 478 g/mol. The van der Waals surface area contributed by atoms with Crippen molar-refractivity contribution in [3.05, 3.63) is 87.7 Å². The van der Waals surface area contributed by atoms with Crippen molar-refractivity contribution in [3.63, 3.8) is 0 Å². The minimum absolute atomic E-state index is 0.107. The van der Waals surface area contributed by atoms with Gasteiger partial charge in [0.15, 0.2) is 0 Å². The first-order chi connectivity index (χ1) is 16.3. The van der Waals surface area contributed by atoms with Crippen LogP contribution in [-0.4, -0.2) is 36.0 Å². The maximum absolute atomic E-state index is 13.3. The van der Waals surface area contributed by atoms with Crippen LogP contribution in [0, 0.1) is 13.8 Å². The number of anilines is 1. The van der Waals surface area contributed by atoms with E-state index in [-0.39, 0.29) is 27.7 Å². The molecule has 0 radical (unpaired) electrons. The van der Waals surface area contributed by atoms with Gasteiger partial charge in [-0.15, -0.1) is 0 Å². The molecule has 2 heterocycles. The van der Waals surface area contributed by atoms with Crippen LogP contribution in [0.1, 0.15) is 28.4 Å². The predicted molar refractivity (Wildman–Crippen MR) is 129 cm³/mol. The van der Waals surface area contributed by atoms with E-state index < -0.39 is 23.5 Å². The summed E-state index contributed by atoms with van der Waals surface area (Å²) in [5.74, 6) is -1.50. The lowest BCUT2D eigenvalue weighted by molar-refractivity contribution is -0.132. The SMILES string of the molecule is COc1cc(/C(O)=C2\C(=O)C(=O)N(c3ccc(C)c(C)c3)C2c2ccccn2)c(OC)cc1Cl. The fourth-order valence-electron chi connectivity index (χ4n) is 3.98. The number of aryl methyl sites for hydroxylation is 2. The van der Waals surface area contributed by atoms with Crippen molar-refractivity contribution in [2.45, 2.75) is 19.9 Å². The lowest BCUT2D eigenvalue weighted by Crippen LogP contribution is -2.29. The molecule has 2 aromatic carbocycles. The van der Waals surface area contributed by atoms with E-state index in [2.05, 4.69) is 4.98 Å². The van der Waals surface area contributed by atoms with Gasteiger partial charge in [0, 0.05) is 18.0 Å². The Hall–Kier alpha value is -3.84. The van der Waals surface area contributed by atoms with Crippen LogP contribution in [0.15, 0.2) is 60.3 Å². The number of ketones is 1. The van der Waals surface area contributed by atoms with E-state index in [1.807, 2.05) is 26.0 Å². The first-order valence-electron chi connectivity index (χ1n) is 10.5. The zero-order valence-corrected chi connectivity index (χ0v) is 19.9. The molecule has 4 rings (SSSR count). The van der Waals surface area contributed by atoms with Crippen LogP contribution in [0.25, 0.3) is 5.76 Å². The number of Topliss-reactive ketones (excluding diaryl/α,β-unsaturated/α-hetero) is 1. The topological polar surface area (TPSA) is 89.0 Å². The van der Waals surface area contributed by atoms with Gasteiger partial charge in [-0.05, 0) is 55.3 Å². The average Bonchev–Trinajstić information content (AvgIpc) is 3.11. The third-order valence-corrected chi connectivity index (χ3v) is 6.21. The number of carbonyl (C=O) groups is 2. The van der Waals surface area contributed by atoms with E-state index in [0.29, 0.717) is 11.4 Å². The number of nitrogens with zero attached hydrogens (tertiary/aromatic N) is 2. The second-order valence-corrected chi connectivity index (χ2v) is 8.29. The summed E-state index contributed by atoms with van der Waals surface area (Å²) in [5, 5.41) is 11.7. The number of methoxy groups -OCH3 is 2. The van der Waals surface area contributed by atoms with E-state index in [9.17, 15) is 14.7 Å². The third-order valence-electron chi connectivity index (χ3n) is 5.91. The number of halogens is 1. The molecule has 3 aromatic rings. The van der Waals surface area contributed by atoms with Crippen LogP contribution < -0.4 is 14.4 Å². The number of rotatable bonds is 5. The van der Waals surface area contributed by atoms with Crippen molar-refractivity contribution in [1.82, 2.24) is 4.98 Å². The number of amides is 1. The molecule has 1 amide bonds. The molecule has 7 nitrogen and oxygen atoms in total. The number of aliphatic hydroxyl groups excluding tert-OH is 1. The van der Waals surface area contributed by atoms with Gasteiger partial charge in [-0.2, -0.15) is 0 Å². The number of aromatic nitrogens is 1. The lowest BCUT2D eigenvalue weighted by atomic mass is 9.97. The highest BCUT2D eigenvalue weighted by atomic mass is 35.5. The van der Waals surface area contributed by atoms with Gasteiger partial charge in [-0.3, -0.25) is 19.5 Å². The van der Waals surface area contributed by atoms with Crippen molar-refractivity contribution in [3.8, 4) is 11.5 Å². The minimum atomic E-state index is -0.949. The van der Waals surface area contributed by atoms with Crippen molar-refractivity contribution in [1.29, 1.82) is 0 Å². The number of pyridine rings is 1. The fourth-order valence-corrected chi connectivity index (χ4v) is 4.21. The largest absolute Gasteiger partial charge is 0.507 e. The smallest absolute Gasteiger partial charge is 0.300 e. The van der Waals surface area contributed by atoms with E-state index in [4.69, 9.17) is 21.1 Å². The van der Waals surface area contributed by atoms with Gasteiger partial charge >= 0.3 is 0 Å². The number of carbonyl (C=O) groups excluding carboxylic acids is 2. The molecule has 1 aliphatic rings. The molecule has 34 heavy (non-hydrogen) atoms. The average molecular weight is 479 g/mol. The van der Waals surface area contributed by atoms with Gasteiger partial charge in [0.25, 0.3) is 11.7 Å². The summed E-state index contributed by atoms with van der Waals surface area (Å²) in [7, 11) is 2.85. The van der Waals surface area contributed by atoms with E-state index >= 15 is 0 Å². The third kappa shape index (κ3) is 3.88. The Labute approximate surface area is 202 Å². The van der Waals surface area contributed by atoms with Crippen LogP contribution in [0.5, 0.6) is 11.5 Å². The molecule has 174 valence electrons. The summed E-state index contributed by atoms with van der Waals surface area (Å²) in [6, 6.07) is 12.7. The van der Waals surface area contributed by atoms with Gasteiger partial charge in [0.2, 0.25) is 0 Å². The van der Waals surface area contributed by atoms with Crippen LogP contribution in [0.2, 0.25) is 5.02 Å². The predicted octanol–water partition coefficient (Wildman–Crippen LogP) is 5.00. The summed E-state index contributed by atoms with van der Waals surface area (Å²) in [4.78, 5) is 32.4. The van der Waals surface area contributed by atoms with Gasteiger partial charge in [-0.25, -0.2) is 0 Å². The highest BCUT2D eigenvalue weighted by molar-refractivity contribution is 6.51. The molecule has 8 heteroatoms. The highest BCUT2D eigenvalue weighted by Gasteiger charge is 2.48. The Morgan fingerprint density at radius 1 is 1.00 bits per heavy atom. The van der Waals surface area contributed by atoms with Crippen LogP contribution in [0.4, 0.5) is 5.69 Å². The minimum Gasteiger partial charge on any atom is -0.507 e. The summed E-state index contributed by atoms with van der Waals surface area (Å²) in [6.07, 6.45) is 1.57. The Morgan fingerprint density at radius 3 is 2.35 bits per heavy atom. The lowest BCUT2D eigenvalue weighted by Gasteiger charge is -2.25. The maximum atomic E-state index is 13.3. The summed E-state index contributed by atoms with van der Waals surface area (Å²) in [5.41, 5.74) is 3.03. The molecule has 1 N–H and O–H groups in total. The number of benzene rings is 2. The normalized spacial score (nSPS) is 17.2. The van der Waals surface area contributed by atoms with Crippen molar-refractivity contribution >= 4 is 34.7 Å². The zero-order valence-electron chi connectivity index (χ0n) is 19.1. The molecular formula is C26H23ClN2O5. The first-order valence-corrected chi connectivity index (χ1v) is 10.9. The van der Waals surface area contributed by atoms with Gasteiger partial charge < -0.3 is 14.6 Å². The van der Waals surface area contributed by atoms with Crippen LogP contribution >= 0.6 is 11.6 Å². The number of aliphatic hydroxyl groups is 1. The maximum Gasteiger partial charge on any atom is 0.300 e. The second kappa shape index (κ2) is 9.19. The standard InChI is InChI=1S/C26H23ClN2O5/c1-14-8-9-16(11-15(14)2)29-23(19-7-5-6-10-28-19)22(25(31)26(29)32)24(30)17-12-21(34-4)18(27)13-20(17)33-3/h5-13,23,30H,1-4H3/b24-22+. The fraction of sp³-hybridized carbons (Fsp3) is 0.192. The Kier molecular flexibility index (Phi) is 6.30. The molecule has 1 unspecified atom stereocenters. The summed E-state index contributed by atoms with van der Waals surface area (Å²) < 4.78 is 10.7. The Bertz CT molecular complexity index is 1320. The van der Waals surface area contributed by atoms with Crippen molar-refractivity contribution in [2.75, 3.05) is 19.1 Å². The molecule has 0 aliphatic carbocycles. The number of hydrogen-bond donors (Lipinski definition) is 1. The molecule has 1 aromatic heterocycles. The van der Waals surface area contributed by atoms with Crippen LogP contribution in [-0.2, 0) is 9.59 Å². The first kappa shape index (κ1) is 23.3. The van der Waals surface area contributed by atoms with Crippen molar-refractivity contribution in [2.24, 2.45) is 0 Å². The molecule has 1 fully saturated rings. The van der Waals surface area contributed by atoms with Gasteiger partial charge in [-0.1, -0.05) is 23.7 Å². The van der Waals surface area contributed by atoms with Crippen LogP contribution in [0.3, 0.4) is 0 Å². The zero-order chi connectivity index (χ0) is 24.6. The highest BCUT2D eigenvalue weighted by Crippen LogP contribution is 2.44. The molecule has 1 aliphatic heterocycles. The molecule has 0 saturated carbocycles. The number of hydrogen-bond acceptors (Lipinski definition) is 6. The summed E-state index contributed by atoms with van der Waals surface area (Å²) in [6.45, 7) is 3.89. The van der Waals surface area contributed by atoms with E-state index in [0.717, 1.165) is 11.1 Å². The Balaban J connectivity index is 1.99. The molecule has 1 saturated heterocycles. The van der Waals surface area contributed by atoms with E-state index in [1.54, 1.807) is 30.5 Å².